The van der Waals surface area contributed by atoms with Crippen LogP contribution in [0.3, 0.4) is 0 Å². The normalized spacial score (nSPS) is 13.9. The summed E-state index contributed by atoms with van der Waals surface area (Å²) in [5.74, 6) is 0.376. The van der Waals surface area contributed by atoms with Gasteiger partial charge in [0.25, 0.3) is 5.91 Å². The van der Waals surface area contributed by atoms with Gasteiger partial charge in [-0.25, -0.2) is 13.1 Å². The van der Waals surface area contributed by atoms with Gasteiger partial charge in [-0.3, -0.25) is 4.79 Å². The van der Waals surface area contributed by atoms with Gasteiger partial charge in [0.1, 0.15) is 10.6 Å². The first kappa shape index (κ1) is 22.9. The van der Waals surface area contributed by atoms with E-state index in [0.717, 1.165) is 34.9 Å². The minimum atomic E-state index is -3.84. The highest BCUT2D eigenvalue weighted by Crippen LogP contribution is 2.31. The van der Waals surface area contributed by atoms with Crippen LogP contribution < -0.4 is 9.46 Å². The lowest BCUT2D eigenvalue weighted by molar-refractivity contribution is 0.0785. The Morgan fingerprint density at radius 2 is 1.75 bits per heavy atom. The van der Waals surface area contributed by atoms with Crippen LogP contribution >= 0.6 is 23.2 Å². The molecule has 1 aliphatic rings. The Morgan fingerprint density at radius 3 is 2.44 bits per heavy atom. The zero-order valence-corrected chi connectivity index (χ0v) is 19.9. The summed E-state index contributed by atoms with van der Waals surface area (Å²) >= 11 is 12.4. The molecule has 1 aliphatic carbocycles. The summed E-state index contributed by atoms with van der Waals surface area (Å²) < 4.78 is 33.1. The molecule has 0 spiro atoms. The number of nitrogens with zero attached hydrogens (tertiary/aromatic N) is 1. The molecule has 3 aromatic carbocycles. The average molecular weight is 493 g/mol. The van der Waals surface area contributed by atoms with Gasteiger partial charge in [-0.05, 0) is 59.5 Å². The third-order valence-corrected chi connectivity index (χ3v) is 7.62. The number of sulfonamides is 1. The van der Waals surface area contributed by atoms with Gasteiger partial charge in [-0.1, -0.05) is 41.4 Å². The minimum absolute atomic E-state index is 0.0210. The predicted molar refractivity (Wildman–Crippen MR) is 126 cm³/mol. The number of halogens is 2. The summed E-state index contributed by atoms with van der Waals surface area (Å²) in [7, 11) is -0.574. The van der Waals surface area contributed by atoms with E-state index in [-0.39, 0.29) is 26.5 Å². The van der Waals surface area contributed by atoms with Gasteiger partial charge in [0.15, 0.2) is 0 Å². The maximum atomic E-state index is 13.1. The zero-order chi connectivity index (χ0) is 23.0. The Kier molecular flexibility index (Phi) is 6.36. The molecule has 0 heterocycles. The number of rotatable bonds is 7. The maximum Gasteiger partial charge on any atom is 0.255 e. The van der Waals surface area contributed by atoms with Crippen molar-refractivity contribution in [1.82, 2.24) is 9.62 Å². The van der Waals surface area contributed by atoms with Crippen LogP contribution in [-0.2, 0) is 16.6 Å². The molecule has 0 atom stereocenters. The first-order chi connectivity index (χ1) is 15.2. The summed E-state index contributed by atoms with van der Waals surface area (Å²) in [5, 5.41) is 2.13. The predicted octanol–water partition coefficient (Wildman–Crippen LogP) is 4.87. The van der Waals surface area contributed by atoms with Gasteiger partial charge in [0, 0.05) is 19.6 Å². The molecule has 0 aliphatic heterocycles. The second kappa shape index (κ2) is 8.90. The van der Waals surface area contributed by atoms with Gasteiger partial charge in [0.2, 0.25) is 10.0 Å². The lowest BCUT2D eigenvalue weighted by Crippen LogP contribution is -2.28. The molecule has 0 unspecified atom stereocenters. The Labute approximate surface area is 197 Å². The number of nitrogens with one attached hydrogen (secondary N) is 1. The molecule has 0 saturated heterocycles. The lowest BCUT2D eigenvalue weighted by Gasteiger charge is -2.19. The van der Waals surface area contributed by atoms with Gasteiger partial charge >= 0.3 is 0 Å². The standard InChI is InChI=1S/C23H22Cl2N2O4S/c1-27(13-14-3-4-16-10-18(31-2)8-5-15(16)9-14)23(28)19-11-22(21(25)12-20(19)24)32(29,30)26-17-6-7-17/h3-5,8-12,17,26H,6-7,13H2,1-2H3. The molecule has 1 saturated carbocycles. The quantitative estimate of drug-likeness (QED) is 0.510. The summed E-state index contributed by atoms with van der Waals surface area (Å²) in [6.07, 6.45) is 1.58. The van der Waals surface area contributed by atoms with E-state index in [1.165, 1.54) is 17.0 Å². The molecule has 0 radical (unpaired) electrons. The van der Waals surface area contributed by atoms with Crippen LogP contribution in [0.4, 0.5) is 0 Å². The highest BCUT2D eigenvalue weighted by atomic mass is 35.5. The van der Waals surface area contributed by atoms with Crippen molar-refractivity contribution >= 4 is 49.9 Å². The molecule has 3 aromatic rings. The van der Waals surface area contributed by atoms with Crippen LogP contribution in [0.2, 0.25) is 10.0 Å². The summed E-state index contributed by atoms with van der Waals surface area (Å²) in [6, 6.07) is 14.2. The van der Waals surface area contributed by atoms with Crippen molar-refractivity contribution in [1.29, 1.82) is 0 Å². The van der Waals surface area contributed by atoms with Gasteiger partial charge < -0.3 is 9.64 Å². The molecule has 1 fully saturated rings. The minimum Gasteiger partial charge on any atom is -0.497 e. The number of hydrogen-bond donors (Lipinski definition) is 1. The molecule has 6 nitrogen and oxygen atoms in total. The molecule has 168 valence electrons. The highest BCUT2D eigenvalue weighted by Gasteiger charge is 2.30. The molecule has 9 heteroatoms. The van der Waals surface area contributed by atoms with Crippen molar-refractivity contribution in [2.24, 2.45) is 0 Å². The van der Waals surface area contributed by atoms with Crippen LogP contribution in [0, 0.1) is 0 Å². The number of amides is 1. The highest BCUT2D eigenvalue weighted by molar-refractivity contribution is 7.89. The number of methoxy groups -OCH3 is 1. The molecule has 0 bridgehead atoms. The first-order valence-corrected chi connectivity index (χ1v) is 12.3. The van der Waals surface area contributed by atoms with Crippen LogP contribution in [0.25, 0.3) is 10.8 Å². The van der Waals surface area contributed by atoms with E-state index in [2.05, 4.69) is 4.72 Å². The third kappa shape index (κ3) is 4.86. The van der Waals surface area contributed by atoms with Crippen molar-refractivity contribution < 1.29 is 17.9 Å². The van der Waals surface area contributed by atoms with Crippen molar-refractivity contribution in [3.8, 4) is 5.75 Å². The SMILES string of the molecule is COc1ccc2cc(CN(C)C(=O)c3cc(S(=O)(=O)NC4CC4)c(Cl)cc3Cl)ccc2c1. The van der Waals surface area contributed by atoms with Crippen molar-refractivity contribution in [3.63, 3.8) is 0 Å². The number of hydrogen-bond acceptors (Lipinski definition) is 4. The van der Waals surface area contributed by atoms with Crippen molar-refractivity contribution in [2.75, 3.05) is 14.2 Å². The second-order valence-electron chi connectivity index (χ2n) is 7.87. The Morgan fingerprint density at radius 1 is 1.06 bits per heavy atom. The van der Waals surface area contributed by atoms with Crippen molar-refractivity contribution in [3.05, 3.63) is 69.7 Å². The van der Waals surface area contributed by atoms with Crippen molar-refractivity contribution in [2.45, 2.75) is 30.3 Å². The Bertz CT molecular complexity index is 1310. The zero-order valence-electron chi connectivity index (χ0n) is 17.6. The van der Waals surface area contributed by atoms with E-state index < -0.39 is 15.9 Å². The van der Waals surface area contributed by atoms with E-state index in [4.69, 9.17) is 27.9 Å². The second-order valence-corrected chi connectivity index (χ2v) is 10.4. The summed E-state index contributed by atoms with van der Waals surface area (Å²) in [4.78, 5) is 14.5. The fraction of sp³-hybridized carbons (Fsp3) is 0.261. The molecule has 4 rings (SSSR count). The maximum absolute atomic E-state index is 13.1. The summed E-state index contributed by atoms with van der Waals surface area (Å²) in [5.41, 5.74) is 1.01. The van der Waals surface area contributed by atoms with Gasteiger partial charge in [-0.15, -0.1) is 0 Å². The molecular formula is C23H22Cl2N2O4S. The third-order valence-electron chi connectivity index (χ3n) is 5.32. The smallest absolute Gasteiger partial charge is 0.255 e. The van der Waals surface area contributed by atoms with E-state index >= 15 is 0 Å². The van der Waals surface area contributed by atoms with E-state index in [9.17, 15) is 13.2 Å². The Balaban J connectivity index is 1.58. The fourth-order valence-electron chi connectivity index (χ4n) is 3.43. The number of fused-ring (bicyclic) bond motifs is 1. The topological polar surface area (TPSA) is 75.7 Å². The monoisotopic (exact) mass is 492 g/mol. The van der Waals surface area contributed by atoms with E-state index in [0.29, 0.717) is 6.54 Å². The molecule has 1 N–H and O–H groups in total. The lowest BCUT2D eigenvalue weighted by atomic mass is 10.1. The number of benzene rings is 3. The number of carbonyl (C=O) groups excluding carboxylic acids is 1. The van der Waals surface area contributed by atoms with Gasteiger partial charge in [0.05, 0.1) is 22.7 Å². The van der Waals surface area contributed by atoms with E-state index in [1.807, 2.05) is 36.4 Å². The largest absolute Gasteiger partial charge is 0.497 e. The van der Waals surface area contributed by atoms with Crippen LogP contribution in [-0.4, -0.2) is 39.4 Å². The molecular weight excluding hydrogens is 471 g/mol. The molecule has 0 aromatic heterocycles. The fourth-order valence-corrected chi connectivity index (χ4v) is 5.59. The molecule has 32 heavy (non-hydrogen) atoms. The van der Waals surface area contributed by atoms with Crippen LogP contribution in [0.15, 0.2) is 53.4 Å². The van der Waals surface area contributed by atoms with Gasteiger partial charge in [-0.2, -0.15) is 0 Å². The number of carbonyl (C=O) groups is 1. The number of ether oxygens (including phenoxy) is 1. The molecule has 1 amide bonds. The first-order valence-electron chi connectivity index (χ1n) is 10.0. The van der Waals surface area contributed by atoms with Crippen LogP contribution in [0.1, 0.15) is 28.8 Å². The summed E-state index contributed by atoms with van der Waals surface area (Å²) in [6.45, 7) is 0.322. The van der Waals surface area contributed by atoms with Crippen LogP contribution in [0.5, 0.6) is 5.75 Å². The average Bonchev–Trinajstić information content (AvgIpc) is 3.56. The Hall–Kier alpha value is -2.32. The van der Waals surface area contributed by atoms with E-state index in [1.54, 1.807) is 14.2 Å².